The van der Waals surface area contributed by atoms with E-state index in [2.05, 4.69) is 17.1 Å². The van der Waals surface area contributed by atoms with Gasteiger partial charge in [0.25, 0.3) is 0 Å². The Kier molecular flexibility index (Phi) is 2.75. The molecule has 0 aromatic carbocycles. The first-order valence-electron chi connectivity index (χ1n) is 4.75. The number of thioether (sulfide) groups is 1. The predicted octanol–water partition coefficient (Wildman–Crippen LogP) is 1.74. The monoisotopic (exact) mass is 171 g/mol. The van der Waals surface area contributed by atoms with Gasteiger partial charge in [-0.25, -0.2) is 0 Å². The van der Waals surface area contributed by atoms with Crippen molar-refractivity contribution in [3.63, 3.8) is 0 Å². The van der Waals surface area contributed by atoms with Gasteiger partial charge in [0.2, 0.25) is 0 Å². The number of nitrogens with one attached hydrogen (secondary N) is 1. The minimum Gasteiger partial charge on any atom is -0.317 e. The Hall–Kier alpha value is 0.310. The Morgan fingerprint density at radius 1 is 1.00 bits per heavy atom. The first-order valence-corrected chi connectivity index (χ1v) is 5.91. The van der Waals surface area contributed by atoms with Crippen LogP contribution in [0.3, 0.4) is 0 Å². The fraction of sp³-hybridized carbons (Fsp3) is 1.00. The quantitative estimate of drug-likeness (QED) is 0.645. The van der Waals surface area contributed by atoms with E-state index in [0.29, 0.717) is 0 Å². The van der Waals surface area contributed by atoms with Crippen LogP contribution in [-0.4, -0.2) is 24.6 Å². The molecule has 1 N–H and O–H groups in total. The molecule has 11 heavy (non-hydrogen) atoms. The standard InChI is InChI=1S/C9H17NS/c1-4-10-5-2-8(1)9-3-6-11-7-9/h8-10H,1-7H2. The summed E-state index contributed by atoms with van der Waals surface area (Å²) in [5.74, 6) is 5.01. The van der Waals surface area contributed by atoms with E-state index >= 15 is 0 Å². The highest BCUT2D eigenvalue weighted by Gasteiger charge is 2.26. The summed E-state index contributed by atoms with van der Waals surface area (Å²) in [6.45, 7) is 2.54. The summed E-state index contributed by atoms with van der Waals surface area (Å²) in [5, 5.41) is 3.43. The Morgan fingerprint density at radius 2 is 1.82 bits per heavy atom. The minimum atomic E-state index is 1.06. The zero-order valence-corrected chi connectivity index (χ0v) is 7.83. The Bertz CT molecular complexity index is 115. The van der Waals surface area contributed by atoms with E-state index in [9.17, 15) is 0 Å². The molecule has 1 nitrogen and oxygen atoms in total. The Morgan fingerprint density at radius 3 is 2.45 bits per heavy atom. The summed E-state index contributed by atoms with van der Waals surface area (Å²) in [7, 11) is 0. The molecule has 64 valence electrons. The van der Waals surface area contributed by atoms with E-state index in [4.69, 9.17) is 0 Å². The van der Waals surface area contributed by atoms with E-state index < -0.39 is 0 Å². The molecule has 2 saturated heterocycles. The van der Waals surface area contributed by atoms with Gasteiger partial charge in [-0.1, -0.05) is 0 Å². The van der Waals surface area contributed by atoms with Crippen molar-refractivity contribution in [1.29, 1.82) is 0 Å². The molecule has 0 saturated carbocycles. The lowest BCUT2D eigenvalue weighted by Crippen LogP contribution is -2.31. The first-order chi connectivity index (χ1) is 5.47. The molecule has 1 unspecified atom stereocenters. The van der Waals surface area contributed by atoms with Gasteiger partial charge in [0.1, 0.15) is 0 Å². The van der Waals surface area contributed by atoms with E-state index in [1.54, 1.807) is 0 Å². The second kappa shape index (κ2) is 3.81. The molecule has 2 heteroatoms. The predicted molar refractivity (Wildman–Crippen MR) is 51.0 cm³/mol. The maximum absolute atomic E-state index is 3.43. The number of hydrogen-bond acceptors (Lipinski definition) is 2. The highest BCUT2D eigenvalue weighted by molar-refractivity contribution is 7.99. The van der Waals surface area contributed by atoms with Crippen LogP contribution in [0, 0.1) is 11.8 Å². The van der Waals surface area contributed by atoms with Crippen LogP contribution >= 0.6 is 11.8 Å². The SMILES string of the molecule is C1CC(C2CCSC2)CCN1. The van der Waals surface area contributed by atoms with Gasteiger partial charge < -0.3 is 5.32 Å². The third kappa shape index (κ3) is 1.91. The average molecular weight is 171 g/mol. The number of rotatable bonds is 1. The molecule has 2 aliphatic heterocycles. The van der Waals surface area contributed by atoms with Gasteiger partial charge in [0, 0.05) is 0 Å². The van der Waals surface area contributed by atoms with Gasteiger partial charge in [-0.3, -0.25) is 0 Å². The normalized spacial score (nSPS) is 34.4. The summed E-state index contributed by atoms with van der Waals surface area (Å²) in [6, 6.07) is 0. The molecule has 0 amide bonds. The zero-order chi connectivity index (χ0) is 7.52. The average Bonchev–Trinajstić information content (AvgIpc) is 2.58. The molecule has 0 bridgehead atoms. The van der Waals surface area contributed by atoms with Crippen LogP contribution in [0.1, 0.15) is 19.3 Å². The topological polar surface area (TPSA) is 12.0 Å². The van der Waals surface area contributed by atoms with Crippen molar-refractivity contribution in [3.05, 3.63) is 0 Å². The van der Waals surface area contributed by atoms with Gasteiger partial charge in [-0.05, 0) is 55.7 Å². The molecule has 1 atom stereocenters. The maximum atomic E-state index is 3.43. The van der Waals surface area contributed by atoms with E-state index in [0.717, 1.165) is 11.8 Å². The second-order valence-corrected chi connectivity index (χ2v) is 4.86. The van der Waals surface area contributed by atoms with Crippen molar-refractivity contribution in [2.75, 3.05) is 24.6 Å². The summed E-state index contributed by atoms with van der Waals surface area (Å²) < 4.78 is 0. The third-order valence-corrected chi connectivity index (χ3v) is 4.20. The Labute approximate surface area is 73.3 Å². The van der Waals surface area contributed by atoms with E-state index in [-0.39, 0.29) is 0 Å². The molecule has 0 aliphatic carbocycles. The van der Waals surface area contributed by atoms with Crippen molar-refractivity contribution in [1.82, 2.24) is 5.32 Å². The lowest BCUT2D eigenvalue weighted by molar-refractivity contribution is 0.280. The van der Waals surface area contributed by atoms with Gasteiger partial charge in [0.05, 0.1) is 0 Å². The molecule has 2 heterocycles. The van der Waals surface area contributed by atoms with Gasteiger partial charge in [-0.15, -0.1) is 0 Å². The second-order valence-electron chi connectivity index (χ2n) is 3.71. The van der Waals surface area contributed by atoms with E-state index in [1.165, 1.54) is 43.9 Å². The van der Waals surface area contributed by atoms with Crippen molar-refractivity contribution in [3.8, 4) is 0 Å². The number of piperidine rings is 1. The summed E-state index contributed by atoms with van der Waals surface area (Å²) >= 11 is 2.16. The fourth-order valence-electron chi connectivity index (χ4n) is 2.24. The van der Waals surface area contributed by atoms with Crippen LogP contribution in [-0.2, 0) is 0 Å². The van der Waals surface area contributed by atoms with Gasteiger partial charge >= 0.3 is 0 Å². The smallest absolute Gasteiger partial charge is 0.00362 e. The molecule has 0 spiro atoms. The highest BCUT2D eigenvalue weighted by atomic mass is 32.2. The maximum Gasteiger partial charge on any atom is -0.00362 e. The van der Waals surface area contributed by atoms with Crippen LogP contribution in [0.2, 0.25) is 0 Å². The van der Waals surface area contributed by atoms with Gasteiger partial charge in [0.15, 0.2) is 0 Å². The number of hydrogen-bond donors (Lipinski definition) is 1. The summed E-state index contributed by atoms with van der Waals surface area (Å²) in [5.41, 5.74) is 0. The van der Waals surface area contributed by atoms with Crippen molar-refractivity contribution in [2.45, 2.75) is 19.3 Å². The summed E-state index contributed by atoms with van der Waals surface area (Å²) in [6.07, 6.45) is 4.37. The molecule has 2 fully saturated rings. The van der Waals surface area contributed by atoms with Gasteiger partial charge in [-0.2, -0.15) is 11.8 Å². The lowest BCUT2D eigenvalue weighted by atomic mass is 9.85. The first kappa shape index (κ1) is 7.93. The third-order valence-electron chi connectivity index (χ3n) is 3.02. The van der Waals surface area contributed by atoms with Crippen LogP contribution in [0.15, 0.2) is 0 Å². The van der Waals surface area contributed by atoms with Crippen molar-refractivity contribution >= 4 is 11.8 Å². The molecular formula is C9H17NS. The van der Waals surface area contributed by atoms with Crippen molar-refractivity contribution < 1.29 is 0 Å². The largest absolute Gasteiger partial charge is 0.317 e. The van der Waals surface area contributed by atoms with Crippen LogP contribution in [0.5, 0.6) is 0 Å². The van der Waals surface area contributed by atoms with Crippen molar-refractivity contribution in [2.24, 2.45) is 11.8 Å². The fourth-order valence-corrected chi connectivity index (χ4v) is 3.62. The minimum absolute atomic E-state index is 1.06. The lowest BCUT2D eigenvalue weighted by Gasteiger charge is -2.27. The molecule has 2 aliphatic rings. The molecule has 0 aromatic heterocycles. The molecule has 0 radical (unpaired) electrons. The van der Waals surface area contributed by atoms with Crippen LogP contribution in [0.25, 0.3) is 0 Å². The zero-order valence-electron chi connectivity index (χ0n) is 7.01. The van der Waals surface area contributed by atoms with E-state index in [1.807, 2.05) is 0 Å². The summed E-state index contributed by atoms with van der Waals surface area (Å²) in [4.78, 5) is 0. The van der Waals surface area contributed by atoms with Crippen LogP contribution < -0.4 is 5.32 Å². The van der Waals surface area contributed by atoms with Crippen LogP contribution in [0.4, 0.5) is 0 Å². The molecule has 2 rings (SSSR count). The molecular weight excluding hydrogens is 154 g/mol. The molecule has 0 aromatic rings. The Balaban J connectivity index is 1.82. The highest BCUT2D eigenvalue weighted by Crippen LogP contribution is 2.33.